The lowest BCUT2D eigenvalue weighted by atomic mass is 10.0. The summed E-state index contributed by atoms with van der Waals surface area (Å²) in [6.45, 7) is 5.83. The van der Waals surface area contributed by atoms with Crippen LogP contribution in [0.2, 0.25) is 0 Å². The third-order valence-corrected chi connectivity index (χ3v) is 3.10. The molecule has 0 aliphatic carbocycles. The first-order chi connectivity index (χ1) is 9.70. The van der Waals surface area contributed by atoms with Crippen molar-refractivity contribution in [3.8, 4) is 0 Å². The van der Waals surface area contributed by atoms with Gasteiger partial charge >= 0.3 is 6.18 Å². The topological polar surface area (TPSA) is 38.5 Å². The molecule has 1 aromatic rings. The highest BCUT2D eigenvalue weighted by atomic mass is 19.4. The number of hydrogen-bond acceptors (Lipinski definition) is 3. The number of likely N-dealkylation sites (N-methyl/N-ethyl adjacent to an activating group) is 1. The van der Waals surface area contributed by atoms with Gasteiger partial charge in [-0.05, 0) is 38.6 Å². The van der Waals surface area contributed by atoms with Crippen molar-refractivity contribution in [3.63, 3.8) is 0 Å². The third kappa shape index (κ3) is 6.46. The van der Waals surface area contributed by atoms with E-state index in [9.17, 15) is 13.2 Å². The molecule has 2 N–H and O–H groups in total. The zero-order chi connectivity index (χ0) is 16.0. The molecule has 0 amide bonds. The summed E-state index contributed by atoms with van der Waals surface area (Å²) in [6, 6.07) is 4.68. The first-order valence-electron chi connectivity index (χ1n) is 6.93. The van der Waals surface area contributed by atoms with Gasteiger partial charge in [-0.15, -0.1) is 0 Å². The fraction of sp³-hybridized carbons (Fsp3) is 0.600. The number of nitrogens with zero attached hydrogens (tertiary/aromatic N) is 1. The molecule has 0 radical (unpaired) electrons. The van der Waals surface area contributed by atoms with E-state index in [4.69, 9.17) is 10.5 Å². The normalized spacial score (nSPS) is 14.0. The van der Waals surface area contributed by atoms with Crippen molar-refractivity contribution in [1.82, 2.24) is 4.90 Å². The number of alkyl halides is 3. The lowest BCUT2D eigenvalue weighted by Crippen LogP contribution is -2.32. The summed E-state index contributed by atoms with van der Waals surface area (Å²) in [4.78, 5) is 2.00. The molecule has 1 atom stereocenters. The van der Waals surface area contributed by atoms with Crippen LogP contribution in [-0.2, 0) is 10.9 Å². The standard InChI is InChI=1S/C15H23F3N2O/c1-11(2)21-9-8-20(3)10-14(19)12-4-6-13(7-5-12)15(16,17)18/h4-7,11,14H,8-10,19H2,1-3H3. The van der Waals surface area contributed by atoms with Gasteiger partial charge in [0.2, 0.25) is 0 Å². The Balaban J connectivity index is 2.49. The molecule has 0 aliphatic heterocycles. The Kier molecular flexibility index (Phi) is 6.64. The average molecular weight is 304 g/mol. The molecular formula is C15H23F3N2O. The van der Waals surface area contributed by atoms with E-state index in [1.165, 1.54) is 12.1 Å². The largest absolute Gasteiger partial charge is 0.416 e. The second kappa shape index (κ2) is 7.77. The molecule has 0 saturated heterocycles. The Morgan fingerprint density at radius 1 is 1.19 bits per heavy atom. The van der Waals surface area contributed by atoms with Gasteiger partial charge in [0.05, 0.1) is 18.3 Å². The van der Waals surface area contributed by atoms with E-state index in [1.807, 2.05) is 25.8 Å². The second-order valence-electron chi connectivity index (χ2n) is 5.41. The monoisotopic (exact) mass is 304 g/mol. The second-order valence-corrected chi connectivity index (χ2v) is 5.41. The van der Waals surface area contributed by atoms with Crippen molar-refractivity contribution >= 4 is 0 Å². The molecule has 0 aromatic heterocycles. The summed E-state index contributed by atoms with van der Waals surface area (Å²) < 4.78 is 42.9. The van der Waals surface area contributed by atoms with Gasteiger partial charge in [-0.1, -0.05) is 12.1 Å². The molecule has 6 heteroatoms. The van der Waals surface area contributed by atoms with Crippen molar-refractivity contribution < 1.29 is 17.9 Å². The van der Waals surface area contributed by atoms with Crippen LogP contribution in [0.25, 0.3) is 0 Å². The lowest BCUT2D eigenvalue weighted by molar-refractivity contribution is -0.137. The van der Waals surface area contributed by atoms with E-state index in [0.29, 0.717) is 18.7 Å². The molecule has 21 heavy (non-hydrogen) atoms. The average Bonchev–Trinajstić information content (AvgIpc) is 2.37. The number of nitrogens with two attached hydrogens (primary N) is 1. The molecule has 3 nitrogen and oxygen atoms in total. The molecule has 0 fully saturated rings. The van der Waals surface area contributed by atoms with Gasteiger partial charge in [0.25, 0.3) is 0 Å². The van der Waals surface area contributed by atoms with Crippen molar-refractivity contribution in [2.45, 2.75) is 32.2 Å². The smallest absolute Gasteiger partial charge is 0.377 e. The Hall–Kier alpha value is -1.11. The van der Waals surface area contributed by atoms with E-state index in [2.05, 4.69) is 0 Å². The summed E-state index contributed by atoms with van der Waals surface area (Å²) >= 11 is 0. The first-order valence-corrected chi connectivity index (χ1v) is 6.93. The molecule has 1 rings (SSSR count). The summed E-state index contributed by atoms with van der Waals surface area (Å²) in [5, 5.41) is 0. The van der Waals surface area contributed by atoms with Crippen molar-refractivity contribution in [1.29, 1.82) is 0 Å². The number of ether oxygens (including phenoxy) is 1. The van der Waals surface area contributed by atoms with Crippen LogP contribution in [-0.4, -0.2) is 37.7 Å². The zero-order valence-corrected chi connectivity index (χ0v) is 12.7. The zero-order valence-electron chi connectivity index (χ0n) is 12.7. The molecule has 0 bridgehead atoms. The molecule has 1 aromatic carbocycles. The van der Waals surface area contributed by atoms with Crippen molar-refractivity contribution in [2.24, 2.45) is 5.73 Å². The predicted octanol–water partition coefficient (Wildman–Crippen LogP) is 3.06. The minimum atomic E-state index is -4.31. The van der Waals surface area contributed by atoms with Gasteiger partial charge in [-0.2, -0.15) is 13.2 Å². The van der Waals surface area contributed by atoms with Gasteiger partial charge in [0, 0.05) is 19.1 Å². The van der Waals surface area contributed by atoms with Gasteiger partial charge in [0.15, 0.2) is 0 Å². The molecule has 1 unspecified atom stereocenters. The Bertz CT molecular complexity index is 418. The highest BCUT2D eigenvalue weighted by Crippen LogP contribution is 2.29. The predicted molar refractivity (Wildman–Crippen MR) is 77.0 cm³/mol. The number of rotatable bonds is 7. The maximum atomic E-state index is 12.5. The minimum absolute atomic E-state index is 0.182. The molecule has 0 saturated carbocycles. The quantitative estimate of drug-likeness (QED) is 0.841. The van der Waals surface area contributed by atoms with Gasteiger partial charge in [-0.3, -0.25) is 0 Å². The van der Waals surface area contributed by atoms with Crippen LogP contribution >= 0.6 is 0 Å². The number of hydrogen-bond donors (Lipinski definition) is 1. The van der Waals surface area contributed by atoms with Crippen LogP contribution in [0.5, 0.6) is 0 Å². The maximum absolute atomic E-state index is 12.5. The van der Waals surface area contributed by atoms with Crippen LogP contribution in [0.4, 0.5) is 13.2 Å². The highest BCUT2D eigenvalue weighted by molar-refractivity contribution is 5.26. The number of benzene rings is 1. The van der Waals surface area contributed by atoms with Crippen LogP contribution in [0.3, 0.4) is 0 Å². The first kappa shape index (κ1) is 17.9. The molecule has 120 valence electrons. The molecule has 0 spiro atoms. The van der Waals surface area contributed by atoms with Crippen LogP contribution < -0.4 is 5.73 Å². The van der Waals surface area contributed by atoms with Gasteiger partial charge in [0.1, 0.15) is 0 Å². The van der Waals surface area contributed by atoms with Gasteiger partial charge in [-0.25, -0.2) is 0 Å². The Labute approximate surface area is 123 Å². The van der Waals surface area contributed by atoms with Crippen LogP contribution in [0, 0.1) is 0 Å². The van der Waals surface area contributed by atoms with E-state index in [1.54, 1.807) is 0 Å². The van der Waals surface area contributed by atoms with Crippen molar-refractivity contribution in [2.75, 3.05) is 26.7 Å². The van der Waals surface area contributed by atoms with E-state index < -0.39 is 11.7 Å². The van der Waals surface area contributed by atoms with Crippen molar-refractivity contribution in [3.05, 3.63) is 35.4 Å². The fourth-order valence-corrected chi connectivity index (χ4v) is 1.90. The van der Waals surface area contributed by atoms with Crippen LogP contribution in [0.1, 0.15) is 31.0 Å². The Morgan fingerprint density at radius 2 is 1.76 bits per heavy atom. The van der Waals surface area contributed by atoms with Gasteiger partial charge < -0.3 is 15.4 Å². The summed E-state index contributed by atoms with van der Waals surface area (Å²) in [5.41, 5.74) is 6.06. The maximum Gasteiger partial charge on any atom is 0.416 e. The summed E-state index contributed by atoms with van der Waals surface area (Å²) in [6.07, 6.45) is -4.13. The summed E-state index contributed by atoms with van der Waals surface area (Å²) in [5.74, 6) is 0. The van der Waals surface area contributed by atoms with E-state index in [0.717, 1.165) is 18.7 Å². The lowest BCUT2D eigenvalue weighted by Gasteiger charge is -2.22. The fourth-order valence-electron chi connectivity index (χ4n) is 1.90. The minimum Gasteiger partial charge on any atom is -0.377 e. The highest BCUT2D eigenvalue weighted by Gasteiger charge is 2.30. The van der Waals surface area contributed by atoms with E-state index >= 15 is 0 Å². The van der Waals surface area contributed by atoms with Crippen LogP contribution in [0.15, 0.2) is 24.3 Å². The molecule has 0 aliphatic rings. The Morgan fingerprint density at radius 3 is 2.24 bits per heavy atom. The number of halogens is 3. The third-order valence-electron chi connectivity index (χ3n) is 3.10. The van der Waals surface area contributed by atoms with E-state index in [-0.39, 0.29) is 12.1 Å². The molecule has 0 heterocycles. The molecular weight excluding hydrogens is 281 g/mol. The SMILES string of the molecule is CC(C)OCCN(C)CC(N)c1ccc(C(F)(F)F)cc1. The summed E-state index contributed by atoms with van der Waals surface area (Å²) in [7, 11) is 1.91.